The molecule has 4 heteroatoms. The molecule has 2 aromatic carbocycles. The Bertz CT molecular complexity index is 511. The molecule has 0 aliphatic carbocycles. The van der Waals surface area contributed by atoms with E-state index < -0.39 is 0 Å². The standard InChI is InChI=1S/C13H12ClNO2/c1-16-9-5-7-10(8-6-9)17-12-4-2-3-11(14)13(12)15/h2-8H,15H2,1H3. The van der Waals surface area contributed by atoms with E-state index in [1.165, 1.54) is 0 Å². The van der Waals surface area contributed by atoms with Crippen LogP contribution in [0.1, 0.15) is 0 Å². The number of benzene rings is 2. The molecule has 0 fully saturated rings. The van der Waals surface area contributed by atoms with Crippen LogP contribution in [-0.4, -0.2) is 7.11 Å². The summed E-state index contributed by atoms with van der Waals surface area (Å²) in [6.45, 7) is 0. The summed E-state index contributed by atoms with van der Waals surface area (Å²) in [5, 5.41) is 0.482. The average Bonchev–Trinajstić information content (AvgIpc) is 2.36. The van der Waals surface area contributed by atoms with Crippen molar-refractivity contribution in [3.05, 3.63) is 47.5 Å². The monoisotopic (exact) mass is 249 g/mol. The number of halogens is 1. The first-order valence-corrected chi connectivity index (χ1v) is 5.44. The Kier molecular flexibility index (Phi) is 3.40. The van der Waals surface area contributed by atoms with Crippen molar-refractivity contribution in [2.45, 2.75) is 0 Å². The maximum atomic E-state index is 5.90. The van der Waals surface area contributed by atoms with Crippen molar-refractivity contribution < 1.29 is 9.47 Å². The van der Waals surface area contributed by atoms with Crippen molar-refractivity contribution in [2.24, 2.45) is 0 Å². The van der Waals surface area contributed by atoms with Gasteiger partial charge in [0.25, 0.3) is 0 Å². The lowest BCUT2D eigenvalue weighted by Gasteiger charge is -2.09. The molecule has 0 radical (unpaired) electrons. The van der Waals surface area contributed by atoms with E-state index in [1.807, 2.05) is 12.1 Å². The number of hydrogen-bond donors (Lipinski definition) is 1. The Labute approximate surface area is 105 Å². The van der Waals surface area contributed by atoms with Crippen LogP contribution in [0.5, 0.6) is 17.2 Å². The minimum absolute atomic E-state index is 0.435. The van der Waals surface area contributed by atoms with Crippen molar-refractivity contribution in [2.75, 3.05) is 12.8 Å². The molecule has 0 aliphatic heterocycles. The predicted octanol–water partition coefficient (Wildman–Crippen LogP) is 3.72. The van der Waals surface area contributed by atoms with Crippen molar-refractivity contribution in [3.63, 3.8) is 0 Å². The molecule has 0 saturated heterocycles. The first kappa shape index (κ1) is 11.6. The van der Waals surface area contributed by atoms with Gasteiger partial charge in [0, 0.05) is 0 Å². The smallest absolute Gasteiger partial charge is 0.151 e. The van der Waals surface area contributed by atoms with Gasteiger partial charge in [-0.15, -0.1) is 0 Å². The number of nitrogens with two attached hydrogens (primary N) is 1. The molecule has 0 bridgehead atoms. The summed E-state index contributed by atoms with van der Waals surface area (Å²) in [7, 11) is 1.62. The lowest BCUT2D eigenvalue weighted by Crippen LogP contribution is -1.92. The van der Waals surface area contributed by atoms with Crippen LogP contribution < -0.4 is 15.2 Å². The molecule has 0 heterocycles. The molecule has 0 amide bonds. The fourth-order valence-corrected chi connectivity index (χ4v) is 1.54. The lowest BCUT2D eigenvalue weighted by molar-refractivity contribution is 0.413. The van der Waals surface area contributed by atoms with Gasteiger partial charge in [-0.05, 0) is 36.4 Å². The van der Waals surface area contributed by atoms with E-state index in [4.69, 9.17) is 26.8 Å². The van der Waals surface area contributed by atoms with Crippen molar-refractivity contribution in [1.82, 2.24) is 0 Å². The summed E-state index contributed by atoms with van der Waals surface area (Å²) < 4.78 is 10.7. The number of methoxy groups -OCH3 is 1. The van der Waals surface area contributed by atoms with Crippen LogP contribution in [0, 0.1) is 0 Å². The summed E-state index contributed by atoms with van der Waals surface area (Å²) in [5.41, 5.74) is 6.24. The minimum atomic E-state index is 0.435. The number of para-hydroxylation sites is 1. The van der Waals surface area contributed by atoms with Gasteiger partial charge in [-0.1, -0.05) is 17.7 Å². The molecule has 0 aliphatic rings. The summed E-state index contributed by atoms with van der Waals surface area (Å²) in [5.74, 6) is 2.00. The third kappa shape index (κ3) is 2.63. The molecule has 0 spiro atoms. The van der Waals surface area contributed by atoms with Gasteiger partial charge in [-0.25, -0.2) is 0 Å². The van der Waals surface area contributed by atoms with Gasteiger partial charge < -0.3 is 15.2 Å². The minimum Gasteiger partial charge on any atom is -0.497 e. The molecule has 0 saturated carbocycles. The van der Waals surface area contributed by atoms with E-state index in [2.05, 4.69) is 0 Å². The second-order valence-electron chi connectivity index (χ2n) is 3.43. The van der Waals surface area contributed by atoms with Crippen molar-refractivity contribution in [1.29, 1.82) is 0 Å². The molecule has 0 aromatic heterocycles. The van der Waals surface area contributed by atoms with E-state index in [9.17, 15) is 0 Å². The molecule has 0 atom stereocenters. The molecule has 2 rings (SSSR count). The molecular weight excluding hydrogens is 238 g/mol. The molecule has 2 N–H and O–H groups in total. The van der Waals surface area contributed by atoms with Crippen LogP contribution in [-0.2, 0) is 0 Å². The van der Waals surface area contributed by atoms with Gasteiger partial charge in [-0.3, -0.25) is 0 Å². The van der Waals surface area contributed by atoms with E-state index in [0.29, 0.717) is 22.2 Å². The third-order valence-corrected chi connectivity index (χ3v) is 2.63. The van der Waals surface area contributed by atoms with Gasteiger partial charge in [-0.2, -0.15) is 0 Å². The van der Waals surface area contributed by atoms with Crippen LogP contribution in [0.4, 0.5) is 5.69 Å². The van der Waals surface area contributed by atoms with Gasteiger partial charge in [0.05, 0.1) is 17.8 Å². The van der Waals surface area contributed by atoms with Crippen LogP contribution in [0.3, 0.4) is 0 Å². The number of hydrogen-bond acceptors (Lipinski definition) is 3. The largest absolute Gasteiger partial charge is 0.497 e. The maximum absolute atomic E-state index is 5.90. The van der Waals surface area contributed by atoms with Crippen LogP contribution in [0.2, 0.25) is 5.02 Å². The Morgan fingerprint density at radius 2 is 1.65 bits per heavy atom. The van der Waals surface area contributed by atoms with E-state index in [1.54, 1.807) is 37.4 Å². The quantitative estimate of drug-likeness (QED) is 0.843. The Hall–Kier alpha value is -1.87. The van der Waals surface area contributed by atoms with Gasteiger partial charge >= 0.3 is 0 Å². The molecule has 2 aromatic rings. The second-order valence-corrected chi connectivity index (χ2v) is 3.84. The number of anilines is 1. The predicted molar refractivity (Wildman–Crippen MR) is 68.9 cm³/mol. The molecule has 88 valence electrons. The number of ether oxygens (including phenoxy) is 2. The molecular formula is C13H12ClNO2. The highest BCUT2D eigenvalue weighted by Gasteiger charge is 2.05. The topological polar surface area (TPSA) is 44.5 Å². The van der Waals surface area contributed by atoms with E-state index in [0.717, 1.165) is 5.75 Å². The molecule has 0 unspecified atom stereocenters. The van der Waals surface area contributed by atoms with Gasteiger partial charge in [0.2, 0.25) is 0 Å². The fourth-order valence-electron chi connectivity index (χ4n) is 1.38. The normalized spacial score (nSPS) is 10.0. The van der Waals surface area contributed by atoms with Gasteiger partial charge in [0.15, 0.2) is 5.75 Å². The Morgan fingerprint density at radius 1 is 1.00 bits per heavy atom. The van der Waals surface area contributed by atoms with Crippen molar-refractivity contribution >= 4 is 17.3 Å². The fraction of sp³-hybridized carbons (Fsp3) is 0.0769. The third-order valence-electron chi connectivity index (χ3n) is 2.30. The zero-order valence-electron chi connectivity index (χ0n) is 9.31. The first-order chi connectivity index (χ1) is 8.20. The highest BCUT2D eigenvalue weighted by Crippen LogP contribution is 2.32. The lowest BCUT2D eigenvalue weighted by atomic mass is 10.3. The van der Waals surface area contributed by atoms with Crippen LogP contribution in [0.25, 0.3) is 0 Å². The Morgan fingerprint density at radius 3 is 2.29 bits per heavy atom. The first-order valence-electron chi connectivity index (χ1n) is 5.06. The summed E-state index contributed by atoms with van der Waals surface area (Å²) >= 11 is 5.90. The average molecular weight is 250 g/mol. The summed E-state index contributed by atoms with van der Waals surface area (Å²) in [4.78, 5) is 0. The van der Waals surface area contributed by atoms with E-state index in [-0.39, 0.29) is 0 Å². The highest BCUT2D eigenvalue weighted by molar-refractivity contribution is 6.33. The number of rotatable bonds is 3. The summed E-state index contributed by atoms with van der Waals surface area (Å²) in [6.07, 6.45) is 0. The highest BCUT2D eigenvalue weighted by atomic mass is 35.5. The summed E-state index contributed by atoms with van der Waals surface area (Å²) in [6, 6.07) is 12.5. The SMILES string of the molecule is COc1ccc(Oc2cccc(Cl)c2N)cc1. The van der Waals surface area contributed by atoms with Gasteiger partial charge in [0.1, 0.15) is 11.5 Å². The van der Waals surface area contributed by atoms with Crippen LogP contribution >= 0.6 is 11.6 Å². The molecule has 3 nitrogen and oxygen atoms in total. The number of nitrogen functional groups attached to an aromatic ring is 1. The second kappa shape index (κ2) is 4.97. The molecule has 17 heavy (non-hydrogen) atoms. The zero-order valence-corrected chi connectivity index (χ0v) is 10.1. The maximum Gasteiger partial charge on any atom is 0.151 e. The zero-order chi connectivity index (χ0) is 12.3. The van der Waals surface area contributed by atoms with E-state index >= 15 is 0 Å². The van der Waals surface area contributed by atoms with Crippen LogP contribution in [0.15, 0.2) is 42.5 Å². The van der Waals surface area contributed by atoms with Crippen molar-refractivity contribution in [3.8, 4) is 17.2 Å². The Balaban J connectivity index is 2.22.